The molecule has 3 nitrogen and oxygen atoms in total. The van der Waals surface area contributed by atoms with Gasteiger partial charge in [-0.05, 0) is 31.2 Å². The van der Waals surface area contributed by atoms with Crippen LogP contribution in [0.1, 0.15) is 17.2 Å². The zero-order chi connectivity index (χ0) is 15.4. The van der Waals surface area contributed by atoms with Crippen LogP contribution in [0.3, 0.4) is 0 Å². The fourth-order valence-corrected chi connectivity index (χ4v) is 2.41. The quantitative estimate of drug-likeness (QED) is 0.838. The predicted molar refractivity (Wildman–Crippen MR) is 83.7 cm³/mol. The minimum atomic E-state index is -0.899. The summed E-state index contributed by atoms with van der Waals surface area (Å²) in [5.74, 6) is -0.988. The largest absolute Gasteiger partial charge is 0.467 e. The van der Waals surface area contributed by atoms with E-state index >= 15 is 0 Å². The fourth-order valence-electron chi connectivity index (χ4n) is 2.01. The van der Waals surface area contributed by atoms with E-state index in [-0.39, 0.29) is 5.56 Å². The first-order chi connectivity index (χ1) is 10.0. The maximum absolute atomic E-state index is 14.0. The molecule has 0 fully saturated rings. The highest BCUT2D eigenvalue weighted by molar-refractivity contribution is 9.10. The van der Waals surface area contributed by atoms with Crippen molar-refractivity contribution in [2.75, 3.05) is 12.4 Å². The zero-order valence-corrected chi connectivity index (χ0v) is 13.3. The van der Waals surface area contributed by atoms with Crippen molar-refractivity contribution >= 4 is 27.6 Å². The van der Waals surface area contributed by atoms with Gasteiger partial charge in [-0.1, -0.05) is 39.7 Å². The molecule has 1 atom stereocenters. The van der Waals surface area contributed by atoms with Gasteiger partial charge in [0, 0.05) is 15.7 Å². The first kappa shape index (κ1) is 15.5. The minimum Gasteiger partial charge on any atom is -0.467 e. The number of esters is 1. The molecule has 0 bridgehead atoms. The maximum Gasteiger partial charge on any atom is 0.333 e. The van der Waals surface area contributed by atoms with Crippen molar-refractivity contribution in [3.63, 3.8) is 0 Å². The molecule has 21 heavy (non-hydrogen) atoms. The Morgan fingerprint density at radius 3 is 2.71 bits per heavy atom. The molecule has 1 unspecified atom stereocenters. The lowest BCUT2D eigenvalue weighted by atomic mass is 10.0. The van der Waals surface area contributed by atoms with Gasteiger partial charge in [-0.25, -0.2) is 9.18 Å². The average molecular weight is 352 g/mol. The summed E-state index contributed by atoms with van der Waals surface area (Å²) >= 11 is 3.36. The van der Waals surface area contributed by atoms with E-state index in [0.717, 1.165) is 10.0 Å². The molecule has 0 saturated carbocycles. The van der Waals surface area contributed by atoms with Gasteiger partial charge >= 0.3 is 5.97 Å². The van der Waals surface area contributed by atoms with Gasteiger partial charge in [-0.3, -0.25) is 0 Å². The number of hydrogen-bond acceptors (Lipinski definition) is 3. The number of benzene rings is 2. The summed E-state index contributed by atoms with van der Waals surface area (Å²) in [6.45, 7) is 1.84. The molecule has 110 valence electrons. The number of aryl methyl sites for hydroxylation is 1. The third-order valence-corrected chi connectivity index (χ3v) is 3.53. The Hall–Kier alpha value is -1.88. The van der Waals surface area contributed by atoms with Crippen LogP contribution in [0.25, 0.3) is 0 Å². The van der Waals surface area contributed by atoms with Crippen molar-refractivity contribution in [3.05, 3.63) is 63.9 Å². The smallest absolute Gasteiger partial charge is 0.333 e. The summed E-state index contributed by atoms with van der Waals surface area (Å²) in [5, 5.41) is 3.01. The molecule has 0 amide bonds. The lowest BCUT2D eigenvalue weighted by Gasteiger charge is -2.19. The number of carbonyl (C=O) groups excluding carboxylic acids is 1. The van der Waals surface area contributed by atoms with Crippen molar-refractivity contribution in [3.8, 4) is 0 Å². The second-order valence-corrected chi connectivity index (χ2v) is 5.55. The number of anilines is 1. The van der Waals surface area contributed by atoms with Crippen LogP contribution >= 0.6 is 15.9 Å². The molecule has 0 radical (unpaired) electrons. The third kappa shape index (κ3) is 3.82. The van der Waals surface area contributed by atoms with Gasteiger partial charge in [0.1, 0.15) is 5.82 Å². The molecule has 0 aromatic heterocycles. The first-order valence-corrected chi connectivity index (χ1v) is 7.16. The molecule has 0 aliphatic carbocycles. The van der Waals surface area contributed by atoms with Gasteiger partial charge < -0.3 is 10.1 Å². The lowest BCUT2D eigenvalue weighted by molar-refractivity contribution is -0.141. The highest BCUT2D eigenvalue weighted by Gasteiger charge is 2.24. The zero-order valence-electron chi connectivity index (χ0n) is 11.7. The van der Waals surface area contributed by atoms with Gasteiger partial charge in [-0.15, -0.1) is 0 Å². The molecular formula is C16H15BrFNO2. The number of methoxy groups -OCH3 is 1. The molecule has 2 rings (SSSR count). The van der Waals surface area contributed by atoms with Crippen molar-refractivity contribution in [2.45, 2.75) is 13.0 Å². The van der Waals surface area contributed by atoms with Crippen molar-refractivity contribution in [2.24, 2.45) is 0 Å². The Kier molecular flexibility index (Phi) is 4.96. The third-order valence-electron chi connectivity index (χ3n) is 3.04. The predicted octanol–water partition coefficient (Wildman–Crippen LogP) is 4.22. The Morgan fingerprint density at radius 1 is 1.29 bits per heavy atom. The highest BCUT2D eigenvalue weighted by Crippen LogP contribution is 2.25. The molecule has 0 saturated heterocycles. The van der Waals surface area contributed by atoms with Gasteiger partial charge in [0.2, 0.25) is 0 Å². The van der Waals surface area contributed by atoms with Crippen molar-refractivity contribution < 1.29 is 13.9 Å². The Bertz CT molecular complexity index is 660. The van der Waals surface area contributed by atoms with E-state index in [4.69, 9.17) is 4.74 Å². The monoisotopic (exact) mass is 351 g/mol. The molecule has 0 aliphatic heterocycles. The second kappa shape index (κ2) is 6.72. The van der Waals surface area contributed by atoms with Crippen LogP contribution in [-0.4, -0.2) is 13.1 Å². The number of ether oxygens (including phenoxy) is 1. The molecule has 2 aromatic rings. The van der Waals surface area contributed by atoms with Gasteiger partial charge in [0.25, 0.3) is 0 Å². The van der Waals surface area contributed by atoms with E-state index in [0.29, 0.717) is 5.69 Å². The standard InChI is InChI=1S/C16H15BrFNO2/c1-10-6-7-14(18)13(8-10)15(16(20)21-2)19-12-5-3-4-11(17)9-12/h3-9,15,19H,1-2H3. The number of hydrogen-bond donors (Lipinski definition) is 1. The van der Waals surface area contributed by atoms with Crippen LogP contribution in [-0.2, 0) is 9.53 Å². The first-order valence-electron chi connectivity index (χ1n) is 6.37. The Balaban J connectivity index is 2.39. The van der Waals surface area contributed by atoms with Crippen molar-refractivity contribution in [1.29, 1.82) is 0 Å². The van der Waals surface area contributed by atoms with E-state index < -0.39 is 17.8 Å². The summed E-state index contributed by atoms with van der Waals surface area (Å²) in [4.78, 5) is 12.0. The maximum atomic E-state index is 14.0. The SMILES string of the molecule is COC(=O)C(Nc1cccc(Br)c1)c1cc(C)ccc1F. The second-order valence-electron chi connectivity index (χ2n) is 4.64. The number of halogens is 2. The van der Waals surface area contributed by atoms with Gasteiger partial charge in [0.15, 0.2) is 6.04 Å². The number of nitrogens with one attached hydrogen (secondary N) is 1. The molecule has 5 heteroatoms. The van der Waals surface area contributed by atoms with E-state index in [1.165, 1.54) is 13.2 Å². The molecule has 1 N–H and O–H groups in total. The summed E-state index contributed by atoms with van der Waals surface area (Å²) in [7, 11) is 1.28. The summed E-state index contributed by atoms with van der Waals surface area (Å²) < 4.78 is 19.7. The van der Waals surface area contributed by atoms with Crippen molar-refractivity contribution in [1.82, 2.24) is 0 Å². The fraction of sp³-hybridized carbons (Fsp3) is 0.188. The van der Waals surface area contributed by atoms with E-state index in [1.54, 1.807) is 18.2 Å². The topological polar surface area (TPSA) is 38.3 Å². The Morgan fingerprint density at radius 2 is 2.05 bits per heavy atom. The Labute approximate surface area is 131 Å². The summed E-state index contributed by atoms with van der Waals surface area (Å²) in [6, 6.07) is 11.1. The highest BCUT2D eigenvalue weighted by atomic mass is 79.9. The minimum absolute atomic E-state index is 0.266. The van der Waals surface area contributed by atoms with E-state index in [9.17, 15) is 9.18 Å². The van der Waals surface area contributed by atoms with Gasteiger partial charge in [0.05, 0.1) is 7.11 Å². The number of rotatable bonds is 4. The summed E-state index contributed by atoms with van der Waals surface area (Å²) in [6.07, 6.45) is 0. The molecule has 2 aromatic carbocycles. The number of carbonyl (C=O) groups is 1. The van der Waals surface area contributed by atoms with Crippen LogP contribution < -0.4 is 5.32 Å². The molecule has 0 spiro atoms. The average Bonchev–Trinajstić information content (AvgIpc) is 2.47. The molecule has 0 heterocycles. The summed E-state index contributed by atoms with van der Waals surface area (Å²) in [5.41, 5.74) is 1.83. The van der Waals surface area contributed by atoms with Crippen LogP contribution in [0, 0.1) is 12.7 Å². The normalized spacial score (nSPS) is 11.8. The van der Waals surface area contributed by atoms with Crippen LogP contribution in [0.2, 0.25) is 0 Å². The lowest BCUT2D eigenvalue weighted by Crippen LogP contribution is -2.23. The van der Waals surface area contributed by atoms with Crippen LogP contribution in [0.15, 0.2) is 46.9 Å². The molecule has 0 aliphatic rings. The molecular weight excluding hydrogens is 337 g/mol. The van der Waals surface area contributed by atoms with Crippen LogP contribution in [0.4, 0.5) is 10.1 Å². The van der Waals surface area contributed by atoms with E-state index in [2.05, 4.69) is 21.2 Å². The van der Waals surface area contributed by atoms with Crippen LogP contribution in [0.5, 0.6) is 0 Å². The van der Waals surface area contributed by atoms with Gasteiger partial charge in [-0.2, -0.15) is 0 Å². The van der Waals surface area contributed by atoms with E-state index in [1.807, 2.05) is 25.1 Å².